The molecule has 24 heavy (non-hydrogen) atoms. The highest BCUT2D eigenvalue weighted by Gasteiger charge is 2.00. The van der Waals surface area contributed by atoms with Gasteiger partial charge in [0, 0.05) is 26.8 Å². The van der Waals surface area contributed by atoms with Gasteiger partial charge in [-0.2, -0.15) is 0 Å². The second-order valence-corrected chi connectivity index (χ2v) is 5.16. The highest BCUT2D eigenvalue weighted by molar-refractivity contribution is 14.0. The van der Waals surface area contributed by atoms with E-state index in [0.717, 1.165) is 31.0 Å². The minimum Gasteiger partial charge on any atom is -0.382 e. The fourth-order valence-electron chi connectivity index (χ4n) is 1.94. The first-order valence-electron chi connectivity index (χ1n) is 8.01. The van der Waals surface area contributed by atoms with Gasteiger partial charge in [-0.25, -0.2) is 9.38 Å². The molecule has 2 N–H and O–H groups in total. The summed E-state index contributed by atoms with van der Waals surface area (Å²) in [7, 11) is 1.66. The average molecular weight is 453 g/mol. The molecule has 0 aliphatic carbocycles. The van der Waals surface area contributed by atoms with Crippen molar-refractivity contribution in [1.82, 2.24) is 10.6 Å². The normalized spacial score (nSPS) is 11.1. The van der Waals surface area contributed by atoms with Crippen molar-refractivity contribution in [1.29, 1.82) is 0 Å². The van der Waals surface area contributed by atoms with Crippen LogP contribution in [0.5, 0.6) is 0 Å². The number of nitrogens with one attached hydrogen (secondary N) is 2. The van der Waals surface area contributed by atoms with Crippen molar-refractivity contribution in [3.8, 4) is 0 Å². The van der Waals surface area contributed by atoms with Crippen molar-refractivity contribution < 1.29 is 13.9 Å². The lowest BCUT2D eigenvalue weighted by atomic mass is 10.1. The summed E-state index contributed by atoms with van der Waals surface area (Å²) in [5, 5.41) is 6.46. The maximum atomic E-state index is 13.3. The lowest BCUT2D eigenvalue weighted by Gasteiger charge is -2.11. The van der Waals surface area contributed by atoms with E-state index in [4.69, 9.17) is 9.47 Å². The highest BCUT2D eigenvalue weighted by atomic mass is 127. The third kappa shape index (κ3) is 10.0. The predicted octanol–water partition coefficient (Wildman–Crippen LogP) is 2.86. The number of guanidine groups is 1. The predicted molar refractivity (Wildman–Crippen MR) is 107 cm³/mol. The summed E-state index contributed by atoms with van der Waals surface area (Å²) in [5.41, 5.74) is 1.63. The molecule has 0 aliphatic heterocycles. The van der Waals surface area contributed by atoms with Crippen molar-refractivity contribution in [2.45, 2.75) is 26.8 Å². The quantitative estimate of drug-likeness (QED) is 0.248. The van der Waals surface area contributed by atoms with E-state index < -0.39 is 0 Å². The van der Waals surface area contributed by atoms with Gasteiger partial charge in [0.15, 0.2) is 5.96 Å². The maximum Gasteiger partial charge on any atom is 0.191 e. The van der Waals surface area contributed by atoms with Crippen LogP contribution in [0.25, 0.3) is 0 Å². The molecule has 0 fully saturated rings. The first-order chi connectivity index (χ1) is 11.2. The third-order valence-corrected chi connectivity index (χ3v) is 3.18. The molecule has 0 saturated carbocycles. The Morgan fingerprint density at radius 2 is 2.00 bits per heavy atom. The minimum absolute atomic E-state index is 0. The van der Waals surface area contributed by atoms with Gasteiger partial charge in [0.1, 0.15) is 5.82 Å². The Morgan fingerprint density at radius 1 is 1.21 bits per heavy atom. The summed E-state index contributed by atoms with van der Waals surface area (Å²) >= 11 is 0. The molecular weight excluding hydrogens is 424 g/mol. The van der Waals surface area contributed by atoms with Crippen LogP contribution in [0.4, 0.5) is 4.39 Å². The third-order valence-electron chi connectivity index (χ3n) is 3.18. The van der Waals surface area contributed by atoms with E-state index in [1.54, 1.807) is 20.1 Å². The molecule has 0 spiro atoms. The minimum atomic E-state index is -0.184. The zero-order valence-electron chi connectivity index (χ0n) is 14.7. The van der Waals surface area contributed by atoms with Gasteiger partial charge < -0.3 is 20.1 Å². The number of nitrogens with zero attached hydrogens (tertiary/aromatic N) is 1. The first-order valence-corrected chi connectivity index (χ1v) is 8.01. The zero-order valence-corrected chi connectivity index (χ0v) is 17.1. The summed E-state index contributed by atoms with van der Waals surface area (Å²) < 4.78 is 23.6. The number of rotatable bonds is 10. The number of halogens is 2. The number of hydrogen-bond donors (Lipinski definition) is 2. The number of aryl methyl sites for hydroxylation is 1. The molecule has 0 saturated heterocycles. The van der Waals surface area contributed by atoms with Crippen molar-refractivity contribution in [3.63, 3.8) is 0 Å². The topological polar surface area (TPSA) is 54.9 Å². The van der Waals surface area contributed by atoms with Crippen LogP contribution < -0.4 is 10.6 Å². The number of ether oxygens (including phenoxy) is 2. The molecule has 1 aromatic rings. The fraction of sp³-hybridized carbons (Fsp3) is 0.588. The Balaban J connectivity index is 0.00000529. The van der Waals surface area contributed by atoms with E-state index in [2.05, 4.69) is 15.6 Å². The van der Waals surface area contributed by atoms with Gasteiger partial charge in [-0.15, -0.1) is 24.0 Å². The fourth-order valence-corrected chi connectivity index (χ4v) is 1.94. The van der Waals surface area contributed by atoms with Crippen LogP contribution in [0, 0.1) is 12.7 Å². The van der Waals surface area contributed by atoms with Crippen LogP contribution in [0.3, 0.4) is 0 Å². The summed E-state index contributed by atoms with van der Waals surface area (Å²) in [4.78, 5) is 4.51. The molecule has 0 heterocycles. The smallest absolute Gasteiger partial charge is 0.191 e. The highest BCUT2D eigenvalue weighted by Crippen LogP contribution is 2.09. The van der Waals surface area contributed by atoms with E-state index in [0.29, 0.717) is 31.9 Å². The van der Waals surface area contributed by atoms with E-state index in [1.165, 1.54) is 6.07 Å². The molecule has 0 unspecified atom stereocenters. The van der Waals surface area contributed by atoms with Gasteiger partial charge in [-0.05, 0) is 37.5 Å². The monoisotopic (exact) mass is 453 g/mol. The van der Waals surface area contributed by atoms with Crippen molar-refractivity contribution in [3.05, 3.63) is 35.1 Å². The number of hydrogen-bond acceptors (Lipinski definition) is 3. The van der Waals surface area contributed by atoms with Crippen molar-refractivity contribution in [2.75, 3.05) is 40.0 Å². The Labute approximate surface area is 161 Å². The standard InChI is InChI=1S/C17H28FN3O2.HI/c1-4-19-17(20-8-5-9-23-11-10-22-3)21-13-15-6-7-16(18)14(2)12-15;/h6-7,12H,4-5,8-11,13H2,1-3H3,(H2,19,20,21);1H. The number of methoxy groups -OCH3 is 1. The second kappa shape index (κ2) is 14.4. The largest absolute Gasteiger partial charge is 0.382 e. The second-order valence-electron chi connectivity index (χ2n) is 5.16. The molecule has 0 aromatic heterocycles. The SMILES string of the molecule is CCNC(=NCc1ccc(F)c(C)c1)NCCCOCCOC.I. The molecule has 5 nitrogen and oxygen atoms in total. The summed E-state index contributed by atoms with van der Waals surface area (Å²) in [5.74, 6) is 0.572. The Hall–Kier alpha value is -0.930. The van der Waals surface area contributed by atoms with Gasteiger partial charge >= 0.3 is 0 Å². The van der Waals surface area contributed by atoms with E-state index in [1.807, 2.05) is 13.0 Å². The molecular formula is C17H29FIN3O2. The van der Waals surface area contributed by atoms with E-state index in [-0.39, 0.29) is 29.8 Å². The lowest BCUT2D eigenvalue weighted by Crippen LogP contribution is -2.38. The van der Waals surface area contributed by atoms with Gasteiger partial charge in [0.25, 0.3) is 0 Å². The van der Waals surface area contributed by atoms with Crippen LogP contribution in [-0.4, -0.2) is 46.0 Å². The molecule has 0 atom stereocenters. The molecule has 138 valence electrons. The van der Waals surface area contributed by atoms with Crippen LogP contribution in [-0.2, 0) is 16.0 Å². The Bertz CT molecular complexity index is 487. The molecule has 1 rings (SSSR count). The first kappa shape index (κ1) is 23.1. The molecule has 0 amide bonds. The average Bonchev–Trinajstić information content (AvgIpc) is 2.54. The van der Waals surface area contributed by atoms with E-state index in [9.17, 15) is 4.39 Å². The Kier molecular flexibility index (Phi) is 13.9. The molecule has 7 heteroatoms. The molecule has 0 bridgehead atoms. The molecule has 0 aliphatic rings. The summed E-state index contributed by atoms with van der Waals surface area (Å²) in [6, 6.07) is 5.07. The Morgan fingerprint density at radius 3 is 2.67 bits per heavy atom. The van der Waals surface area contributed by atoms with Crippen LogP contribution in [0.15, 0.2) is 23.2 Å². The van der Waals surface area contributed by atoms with Crippen LogP contribution in [0.1, 0.15) is 24.5 Å². The lowest BCUT2D eigenvalue weighted by molar-refractivity contribution is 0.0698. The molecule has 0 radical (unpaired) electrons. The van der Waals surface area contributed by atoms with Crippen molar-refractivity contribution >= 4 is 29.9 Å². The summed E-state index contributed by atoms with van der Waals surface area (Å²) in [6.45, 7) is 7.79. The van der Waals surface area contributed by atoms with Crippen molar-refractivity contribution in [2.24, 2.45) is 4.99 Å². The van der Waals surface area contributed by atoms with Gasteiger partial charge in [-0.1, -0.05) is 12.1 Å². The van der Waals surface area contributed by atoms with E-state index >= 15 is 0 Å². The van der Waals surface area contributed by atoms with Crippen LogP contribution in [0.2, 0.25) is 0 Å². The zero-order chi connectivity index (χ0) is 16.9. The van der Waals surface area contributed by atoms with Crippen LogP contribution >= 0.6 is 24.0 Å². The van der Waals surface area contributed by atoms with Gasteiger partial charge in [0.05, 0.1) is 19.8 Å². The van der Waals surface area contributed by atoms with Gasteiger partial charge in [-0.3, -0.25) is 0 Å². The molecule has 1 aromatic carbocycles. The number of benzene rings is 1. The summed E-state index contributed by atoms with van der Waals surface area (Å²) in [6.07, 6.45) is 0.893. The maximum absolute atomic E-state index is 13.3. The number of aliphatic imine (C=N–C) groups is 1. The van der Waals surface area contributed by atoms with Gasteiger partial charge in [0.2, 0.25) is 0 Å².